The quantitative estimate of drug-likeness (QED) is 0.302. The van der Waals surface area contributed by atoms with Crippen LogP contribution in [0, 0.1) is 0 Å². The summed E-state index contributed by atoms with van der Waals surface area (Å²) in [6.45, 7) is 2.61. The number of amides is 1. The van der Waals surface area contributed by atoms with E-state index in [9.17, 15) is 13.2 Å². The van der Waals surface area contributed by atoms with Crippen LogP contribution in [0.25, 0.3) is 0 Å². The molecule has 0 aliphatic rings. The van der Waals surface area contributed by atoms with Crippen molar-refractivity contribution < 1.29 is 17.9 Å². The molecule has 0 atom stereocenters. The molecule has 0 saturated heterocycles. The first-order chi connectivity index (χ1) is 17.5. The molecule has 0 saturated carbocycles. The first kappa shape index (κ1) is 25.2. The monoisotopic (exact) mass is 500 g/mol. The van der Waals surface area contributed by atoms with Crippen molar-refractivity contribution in [2.24, 2.45) is 0 Å². The van der Waals surface area contributed by atoms with Gasteiger partial charge in [0, 0.05) is 18.7 Å². The predicted molar refractivity (Wildman–Crippen MR) is 141 cm³/mol. The lowest BCUT2D eigenvalue weighted by molar-refractivity contribution is 0.102. The minimum Gasteiger partial charge on any atom is -0.492 e. The molecule has 1 N–H and O–H groups in total. The number of carbonyl (C=O) groups is 1. The average molecular weight is 501 g/mol. The normalized spacial score (nSPS) is 11.3. The van der Waals surface area contributed by atoms with E-state index in [1.54, 1.807) is 30.3 Å². The lowest BCUT2D eigenvalue weighted by Gasteiger charge is -2.23. The number of carbonyl (C=O) groups excluding carboxylic acids is 1. The molecule has 0 aliphatic carbocycles. The number of hydrogen-bond donors (Lipinski definition) is 1. The van der Waals surface area contributed by atoms with Crippen molar-refractivity contribution in [1.82, 2.24) is 4.31 Å². The molecule has 0 unspecified atom stereocenters. The number of sulfonamides is 1. The van der Waals surface area contributed by atoms with E-state index >= 15 is 0 Å². The maximum atomic E-state index is 13.9. The summed E-state index contributed by atoms with van der Waals surface area (Å²) in [4.78, 5) is 12.9. The van der Waals surface area contributed by atoms with Gasteiger partial charge in [0.25, 0.3) is 5.91 Å². The topological polar surface area (TPSA) is 75.7 Å². The Kier molecular flexibility index (Phi) is 8.15. The Morgan fingerprint density at radius 3 is 1.83 bits per heavy atom. The van der Waals surface area contributed by atoms with Gasteiger partial charge >= 0.3 is 0 Å². The van der Waals surface area contributed by atoms with Gasteiger partial charge in [0.05, 0.1) is 17.2 Å². The third-order valence-electron chi connectivity index (χ3n) is 5.58. The molecule has 1 amide bonds. The largest absolute Gasteiger partial charge is 0.492 e. The zero-order valence-corrected chi connectivity index (χ0v) is 20.8. The van der Waals surface area contributed by atoms with Gasteiger partial charge in [-0.3, -0.25) is 4.79 Å². The molecule has 4 aromatic carbocycles. The molecule has 0 fully saturated rings. The van der Waals surface area contributed by atoms with Crippen molar-refractivity contribution in [1.29, 1.82) is 0 Å². The second kappa shape index (κ2) is 11.7. The number of ether oxygens (including phenoxy) is 1. The number of nitrogens with one attached hydrogen (secondary N) is 1. The van der Waals surface area contributed by atoms with Crippen molar-refractivity contribution >= 4 is 21.6 Å². The van der Waals surface area contributed by atoms with Gasteiger partial charge in [-0.1, -0.05) is 78.9 Å². The molecule has 0 radical (unpaired) electrons. The predicted octanol–water partition coefficient (Wildman–Crippen LogP) is 5.73. The van der Waals surface area contributed by atoms with Crippen molar-refractivity contribution in [2.45, 2.75) is 24.9 Å². The van der Waals surface area contributed by atoms with Crippen molar-refractivity contribution in [3.63, 3.8) is 0 Å². The van der Waals surface area contributed by atoms with Crippen LogP contribution in [0.3, 0.4) is 0 Å². The summed E-state index contributed by atoms with van der Waals surface area (Å²) in [5, 5.41) is 2.82. The molecule has 7 heteroatoms. The molecule has 4 rings (SSSR count). The highest BCUT2D eigenvalue weighted by atomic mass is 32.2. The fourth-order valence-electron chi connectivity index (χ4n) is 3.78. The highest BCUT2D eigenvalue weighted by Crippen LogP contribution is 2.31. The van der Waals surface area contributed by atoms with Crippen LogP contribution in [0.15, 0.2) is 114 Å². The molecule has 0 bridgehead atoms. The minimum absolute atomic E-state index is 0.0705. The molecule has 0 spiro atoms. The van der Waals surface area contributed by atoms with Crippen LogP contribution in [-0.4, -0.2) is 25.2 Å². The van der Waals surface area contributed by atoms with Crippen LogP contribution in [-0.2, 0) is 23.1 Å². The smallest absolute Gasteiger partial charge is 0.255 e. The number of rotatable bonds is 10. The maximum absolute atomic E-state index is 13.9. The Morgan fingerprint density at radius 2 is 1.31 bits per heavy atom. The minimum atomic E-state index is -3.93. The van der Waals surface area contributed by atoms with E-state index in [0.717, 1.165) is 11.1 Å². The van der Waals surface area contributed by atoms with Crippen LogP contribution >= 0.6 is 0 Å². The highest BCUT2D eigenvalue weighted by Gasteiger charge is 2.26. The van der Waals surface area contributed by atoms with Crippen LogP contribution in [0.4, 0.5) is 5.69 Å². The van der Waals surface area contributed by atoms with Crippen LogP contribution in [0.5, 0.6) is 5.75 Å². The molecule has 0 heterocycles. The Hall–Kier alpha value is -3.94. The lowest BCUT2D eigenvalue weighted by atomic mass is 10.2. The van der Waals surface area contributed by atoms with E-state index in [1.165, 1.54) is 16.4 Å². The Labute approximate surface area is 212 Å². The van der Waals surface area contributed by atoms with Gasteiger partial charge in [-0.05, 0) is 48.4 Å². The molecular formula is C29H28N2O4S. The summed E-state index contributed by atoms with van der Waals surface area (Å²) in [6.07, 6.45) is 0. The molecule has 4 aromatic rings. The second-order valence-electron chi connectivity index (χ2n) is 8.16. The van der Waals surface area contributed by atoms with E-state index in [2.05, 4.69) is 5.32 Å². The van der Waals surface area contributed by atoms with E-state index in [0.29, 0.717) is 23.6 Å². The zero-order valence-electron chi connectivity index (χ0n) is 20.0. The highest BCUT2D eigenvalue weighted by molar-refractivity contribution is 7.89. The number of hydrogen-bond acceptors (Lipinski definition) is 4. The molecule has 6 nitrogen and oxygen atoms in total. The Bertz CT molecular complexity index is 1350. The van der Waals surface area contributed by atoms with E-state index in [-0.39, 0.29) is 23.9 Å². The van der Waals surface area contributed by atoms with E-state index in [4.69, 9.17) is 4.74 Å². The summed E-state index contributed by atoms with van der Waals surface area (Å²) >= 11 is 0. The van der Waals surface area contributed by atoms with Gasteiger partial charge in [-0.15, -0.1) is 0 Å². The van der Waals surface area contributed by atoms with Crippen LogP contribution < -0.4 is 10.1 Å². The van der Waals surface area contributed by atoms with Gasteiger partial charge in [0.15, 0.2) is 0 Å². The molecule has 0 aromatic heterocycles. The van der Waals surface area contributed by atoms with E-state index < -0.39 is 10.0 Å². The van der Waals surface area contributed by atoms with Gasteiger partial charge < -0.3 is 10.1 Å². The second-order valence-corrected chi connectivity index (χ2v) is 10.1. The fraction of sp³-hybridized carbons (Fsp3) is 0.138. The van der Waals surface area contributed by atoms with Gasteiger partial charge in [0.2, 0.25) is 10.0 Å². The Morgan fingerprint density at radius 1 is 0.778 bits per heavy atom. The van der Waals surface area contributed by atoms with Gasteiger partial charge in [-0.25, -0.2) is 8.42 Å². The SMILES string of the molecule is CCOc1ccc(S(=O)(=O)N(Cc2ccccc2)Cc2ccccc2)cc1NC(=O)c1ccccc1. The summed E-state index contributed by atoms with van der Waals surface area (Å²) < 4.78 is 34.9. The van der Waals surface area contributed by atoms with Gasteiger partial charge in [0.1, 0.15) is 5.75 Å². The van der Waals surface area contributed by atoms with Crippen LogP contribution in [0.2, 0.25) is 0 Å². The average Bonchev–Trinajstić information content (AvgIpc) is 2.91. The Balaban J connectivity index is 1.70. The zero-order chi connectivity index (χ0) is 25.4. The van der Waals surface area contributed by atoms with Crippen LogP contribution in [0.1, 0.15) is 28.4 Å². The number of anilines is 1. The summed E-state index contributed by atoms with van der Waals surface area (Å²) in [7, 11) is -3.93. The molecule has 184 valence electrons. The lowest BCUT2D eigenvalue weighted by Crippen LogP contribution is -2.30. The molecule has 0 aliphatic heterocycles. The standard InChI is InChI=1S/C29H28N2O4S/c1-2-35-28-19-18-26(20-27(28)30-29(32)25-16-10-5-11-17-25)36(33,34)31(21-23-12-6-3-7-13-23)22-24-14-8-4-9-15-24/h3-20H,2,21-22H2,1H3,(H,30,32). The van der Waals surface area contributed by atoms with Gasteiger partial charge in [-0.2, -0.15) is 4.31 Å². The number of nitrogens with zero attached hydrogens (tertiary/aromatic N) is 1. The third-order valence-corrected chi connectivity index (χ3v) is 7.36. The first-order valence-corrected chi connectivity index (χ1v) is 13.1. The molecular weight excluding hydrogens is 472 g/mol. The van der Waals surface area contributed by atoms with Crippen molar-refractivity contribution in [3.8, 4) is 5.75 Å². The summed E-state index contributed by atoms with van der Waals surface area (Å²) in [5.41, 5.74) is 2.51. The first-order valence-electron chi connectivity index (χ1n) is 11.7. The van der Waals surface area contributed by atoms with E-state index in [1.807, 2.05) is 73.7 Å². The summed E-state index contributed by atoms with van der Waals surface area (Å²) in [5.74, 6) is 0.0509. The van der Waals surface area contributed by atoms with Crippen molar-refractivity contribution in [2.75, 3.05) is 11.9 Å². The summed E-state index contributed by atoms with van der Waals surface area (Å²) in [6, 6.07) is 32.2. The maximum Gasteiger partial charge on any atom is 0.255 e. The number of benzene rings is 4. The fourth-order valence-corrected chi connectivity index (χ4v) is 5.22. The third kappa shape index (κ3) is 6.19. The van der Waals surface area contributed by atoms with Crippen molar-refractivity contribution in [3.05, 3.63) is 126 Å². The molecule has 36 heavy (non-hydrogen) atoms.